The van der Waals surface area contributed by atoms with Gasteiger partial charge in [-0.3, -0.25) is 9.10 Å². The van der Waals surface area contributed by atoms with Crippen LogP contribution in [0, 0.1) is 0 Å². The number of anilines is 1. The lowest BCUT2D eigenvalue weighted by atomic mass is 10.1. The second-order valence-electron chi connectivity index (χ2n) is 6.94. The zero-order valence-electron chi connectivity index (χ0n) is 16.7. The molecule has 1 atom stereocenters. The molecule has 0 saturated heterocycles. The minimum atomic E-state index is -3.74. The van der Waals surface area contributed by atoms with Crippen molar-refractivity contribution in [3.05, 3.63) is 48.0 Å². The summed E-state index contributed by atoms with van der Waals surface area (Å²) in [7, 11) is -7.06. The topological polar surface area (TPSA) is 119 Å². The highest BCUT2D eigenvalue weighted by molar-refractivity contribution is 7.92. The number of rotatable bonds is 7. The van der Waals surface area contributed by atoms with Gasteiger partial charge in [0, 0.05) is 12.3 Å². The minimum Gasteiger partial charge on any atom is -0.454 e. The van der Waals surface area contributed by atoms with Crippen LogP contribution in [0.3, 0.4) is 0 Å². The fraction of sp³-hybridized carbons (Fsp3) is 0.316. The van der Waals surface area contributed by atoms with E-state index in [1.807, 2.05) is 0 Å². The van der Waals surface area contributed by atoms with Gasteiger partial charge in [0.1, 0.15) is 6.54 Å². The van der Waals surface area contributed by atoms with E-state index in [2.05, 4.69) is 5.32 Å². The number of ether oxygens (including phenoxy) is 2. The fourth-order valence-electron chi connectivity index (χ4n) is 2.94. The van der Waals surface area contributed by atoms with Gasteiger partial charge >= 0.3 is 0 Å². The Bertz CT molecular complexity index is 1160. The third kappa shape index (κ3) is 5.03. The number of carbonyl (C=O) groups is 1. The molecule has 0 radical (unpaired) electrons. The van der Waals surface area contributed by atoms with Gasteiger partial charge in [-0.05, 0) is 36.8 Å². The van der Waals surface area contributed by atoms with E-state index in [0.29, 0.717) is 17.1 Å². The predicted molar refractivity (Wildman–Crippen MR) is 111 cm³/mol. The Labute approximate surface area is 175 Å². The first-order chi connectivity index (χ1) is 13.9. The Balaban J connectivity index is 1.73. The maximum atomic E-state index is 12.5. The monoisotopic (exact) mass is 454 g/mol. The molecule has 0 saturated carbocycles. The molecule has 0 aliphatic carbocycles. The molecule has 1 N–H and O–H groups in total. The number of hydrogen-bond acceptors (Lipinski definition) is 7. The second kappa shape index (κ2) is 8.15. The standard InChI is InChI=1S/C19H22N2O7S2/c1-13(14-4-7-16(8-5-14)29(2,23)24)20-19(22)11-21(30(3,25)26)15-6-9-17-18(10-15)28-12-27-17/h4-10,13H,11-12H2,1-3H3,(H,20,22). The van der Waals surface area contributed by atoms with E-state index in [-0.39, 0.29) is 17.4 Å². The van der Waals surface area contributed by atoms with E-state index in [0.717, 1.165) is 16.8 Å². The molecule has 0 spiro atoms. The van der Waals surface area contributed by atoms with Crippen molar-refractivity contribution in [3.8, 4) is 11.5 Å². The Morgan fingerprint density at radius 1 is 1.03 bits per heavy atom. The molecule has 1 aliphatic heterocycles. The minimum absolute atomic E-state index is 0.0494. The Hall–Kier alpha value is -2.79. The molecule has 162 valence electrons. The summed E-state index contributed by atoms with van der Waals surface area (Å²) in [6, 6.07) is 10.3. The van der Waals surface area contributed by atoms with Crippen LogP contribution >= 0.6 is 0 Å². The van der Waals surface area contributed by atoms with Gasteiger partial charge in [-0.25, -0.2) is 16.8 Å². The van der Waals surface area contributed by atoms with Gasteiger partial charge in [0.15, 0.2) is 21.3 Å². The van der Waals surface area contributed by atoms with Crippen LogP contribution in [0.4, 0.5) is 5.69 Å². The van der Waals surface area contributed by atoms with Crippen LogP contribution in [-0.2, 0) is 24.7 Å². The van der Waals surface area contributed by atoms with Crippen molar-refractivity contribution < 1.29 is 31.1 Å². The first-order valence-electron chi connectivity index (χ1n) is 8.92. The van der Waals surface area contributed by atoms with Crippen LogP contribution in [0.5, 0.6) is 11.5 Å². The van der Waals surface area contributed by atoms with Crippen LogP contribution in [0.15, 0.2) is 47.4 Å². The highest BCUT2D eigenvalue weighted by atomic mass is 32.2. The smallest absolute Gasteiger partial charge is 0.241 e. The molecule has 0 bridgehead atoms. The number of carbonyl (C=O) groups excluding carboxylic acids is 1. The van der Waals surface area contributed by atoms with Crippen LogP contribution in [-0.4, -0.2) is 48.6 Å². The average Bonchev–Trinajstić information content (AvgIpc) is 3.12. The Kier molecular flexibility index (Phi) is 5.95. The molecular formula is C19H22N2O7S2. The lowest BCUT2D eigenvalue weighted by molar-refractivity contribution is -0.120. The third-order valence-corrected chi connectivity index (χ3v) is 6.79. The first kappa shape index (κ1) is 21.9. The predicted octanol–water partition coefficient (Wildman–Crippen LogP) is 1.46. The molecule has 1 unspecified atom stereocenters. The molecule has 0 fully saturated rings. The van der Waals surface area contributed by atoms with Crippen molar-refractivity contribution in [1.82, 2.24) is 5.32 Å². The summed E-state index contributed by atoms with van der Waals surface area (Å²) in [4.78, 5) is 12.7. The summed E-state index contributed by atoms with van der Waals surface area (Å²) in [6.07, 6.45) is 2.13. The van der Waals surface area contributed by atoms with Crippen molar-refractivity contribution in [2.24, 2.45) is 0 Å². The van der Waals surface area contributed by atoms with Crippen molar-refractivity contribution in [2.45, 2.75) is 17.9 Å². The van der Waals surface area contributed by atoms with Gasteiger partial charge in [0.05, 0.1) is 22.9 Å². The number of sulfone groups is 1. The van der Waals surface area contributed by atoms with Crippen molar-refractivity contribution in [2.75, 3.05) is 30.2 Å². The molecule has 1 aliphatic rings. The summed E-state index contributed by atoms with van der Waals surface area (Å²) in [5.41, 5.74) is 0.965. The molecule has 9 nitrogen and oxygen atoms in total. The van der Waals surface area contributed by atoms with Gasteiger partial charge in [-0.1, -0.05) is 12.1 Å². The number of nitrogens with one attached hydrogen (secondary N) is 1. The Morgan fingerprint density at radius 2 is 1.67 bits per heavy atom. The van der Waals surface area contributed by atoms with Gasteiger partial charge in [-0.15, -0.1) is 0 Å². The molecule has 30 heavy (non-hydrogen) atoms. The molecule has 1 amide bonds. The van der Waals surface area contributed by atoms with E-state index in [4.69, 9.17) is 9.47 Å². The van der Waals surface area contributed by atoms with Crippen LogP contribution in [0.1, 0.15) is 18.5 Å². The lowest BCUT2D eigenvalue weighted by Crippen LogP contribution is -2.41. The fourth-order valence-corrected chi connectivity index (χ4v) is 4.42. The molecule has 0 aromatic heterocycles. The number of sulfonamides is 1. The molecule has 2 aromatic rings. The Morgan fingerprint density at radius 3 is 2.27 bits per heavy atom. The van der Waals surface area contributed by atoms with Gasteiger partial charge < -0.3 is 14.8 Å². The van der Waals surface area contributed by atoms with Gasteiger partial charge in [-0.2, -0.15) is 0 Å². The van der Waals surface area contributed by atoms with Crippen molar-refractivity contribution in [3.63, 3.8) is 0 Å². The SMILES string of the molecule is CC(NC(=O)CN(c1ccc2c(c1)OCO2)S(C)(=O)=O)c1ccc(S(C)(=O)=O)cc1. The van der Waals surface area contributed by atoms with Crippen LogP contribution in [0.2, 0.25) is 0 Å². The normalized spacial score (nSPS) is 14.2. The van der Waals surface area contributed by atoms with Crippen molar-refractivity contribution >= 4 is 31.5 Å². The largest absolute Gasteiger partial charge is 0.454 e. The summed E-state index contributed by atoms with van der Waals surface area (Å²) in [6.45, 7) is 1.34. The maximum absolute atomic E-state index is 12.5. The molecule has 11 heteroatoms. The summed E-state index contributed by atoms with van der Waals surface area (Å²) in [5, 5.41) is 2.73. The molecule has 1 heterocycles. The number of hydrogen-bond donors (Lipinski definition) is 1. The van der Waals surface area contributed by atoms with E-state index in [1.54, 1.807) is 25.1 Å². The quantitative estimate of drug-likeness (QED) is 0.673. The number of nitrogens with zero attached hydrogens (tertiary/aromatic N) is 1. The van der Waals surface area contributed by atoms with E-state index >= 15 is 0 Å². The van der Waals surface area contributed by atoms with E-state index < -0.39 is 38.4 Å². The van der Waals surface area contributed by atoms with Crippen LogP contribution in [0.25, 0.3) is 0 Å². The molecule has 3 rings (SSSR count). The molecule has 2 aromatic carbocycles. The first-order valence-corrected chi connectivity index (χ1v) is 12.7. The van der Waals surface area contributed by atoms with E-state index in [9.17, 15) is 21.6 Å². The average molecular weight is 455 g/mol. The lowest BCUT2D eigenvalue weighted by Gasteiger charge is -2.23. The maximum Gasteiger partial charge on any atom is 0.241 e. The second-order valence-corrected chi connectivity index (χ2v) is 10.9. The summed E-state index contributed by atoms with van der Waals surface area (Å²) < 4.78 is 59.1. The highest BCUT2D eigenvalue weighted by Gasteiger charge is 2.24. The van der Waals surface area contributed by atoms with Gasteiger partial charge in [0.2, 0.25) is 22.7 Å². The summed E-state index contributed by atoms with van der Waals surface area (Å²) in [5.74, 6) is 0.390. The third-order valence-electron chi connectivity index (χ3n) is 4.52. The number of fused-ring (bicyclic) bond motifs is 1. The van der Waals surface area contributed by atoms with Crippen molar-refractivity contribution in [1.29, 1.82) is 0 Å². The zero-order valence-corrected chi connectivity index (χ0v) is 18.3. The highest BCUT2D eigenvalue weighted by Crippen LogP contribution is 2.36. The molecular weight excluding hydrogens is 432 g/mol. The van der Waals surface area contributed by atoms with Gasteiger partial charge in [0.25, 0.3) is 0 Å². The van der Waals surface area contributed by atoms with Crippen LogP contribution < -0.4 is 19.1 Å². The van der Waals surface area contributed by atoms with E-state index in [1.165, 1.54) is 24.3 Å². The number of amides is 1. The summed E-state index contributed by atoms with van der Waals surface area (Å²) >= 11 is 0. The number of benzene rings is 2. The zero-order chi connectivity index (χ0) is 22.1.